The van der Waals surface area contributed by atoms with Gasteiger partial charge in [0, 0.05) is 28.4 Å². The van der Waals surface area contributed by atoms with Crippen molar-refractivity contribution in [3.05, 3.63) is 51.3 Å². The van der Waals surface area contributed by atoms with Crippen molar-refractivity contribution in [2.75, 3.05) is 11.9 Å². The molecule has 2 aliphatic rings. The second-order valence-corrected chi connectivity index (χ2v) is 10.2. The summed E-state index contributed by atoms with van der Waals surface area (Å²) in [5.74, 6) is -2.16. The van der Waals surface area contributed by atoms with Crippen molar-refractivity contribution >= 4 is 40.8 Å². The number of carbonyl (C=O) groups is 2. The SMILES string of the molecule is CC(C)(C)C[C@H]1NCC[C@@]12C(=O)Nc1cc(Cl)c(C(=O)O)c(-c3cccc(F)c3Cl)c12. The number of fused-ring (bicyclic) bond motifs is 2. The smallest absolute Gasteiger partial charge is 0.337 e. The molecule has 3 N–H and O–H groups in total. The van der Waals surface area contributed by atoms with Crippen LogP contribution in [-0.2, 0) is 10.2 Å². The number of nitrogens with one attached hydrogen (secondary N) is 2. The number of benzene rings is 2. The lowest BCUT2D eigenvalue weighted by Crippen LogP contribution is -2.47. The van der Waals surface area contributed by atoms with Gasteiger partial charge in [-0.3, -0.25) is 4.79 Å². The van der Waals surface area contributed by atoms with Gasteiger partial charge in [0.25, 0.3) is 0 Å². The standard InChI is InChI=1S/C23H23Cl2FN2O3/c1-22(2,3)10-15-23(7-8-27-15)18-14(28-21(23)31)9-12(24)17(20(29)30)16(18)11-5-4-6-13(26)19(11)25/h4-6,9,15,27H,7-8,10H2,1-3H3,(H,28,31)(H,29,30)/t15-,23-/m1/s1. The van der Waals surface area contributed by atoms with Crippen LogP contribution in [0.15, 0.2) is 24.3 Å². The second kappa shape index (κ2) is 7.47. The molecule has 164 valence electrons. The largest absolute Gasteiger partial charge is 0.478 e. The maximum Gasteiger partial charge on any atom is 0.337 e. The average Bonchev–Trinajstić information content (AvgIpc) is 3.17. The summed E-state index contributed by atoms with van der Waals surface area (Å²) in [6.45, 7) is 6.85. The highest BCUT2D eigenvalue weighted by atomic mass is 35.5. The molecule has 2 atom stereocenters. The lowest BCUT2D eigenvalue weighted by molar-refractivity contribution is -0.121. The predicted molar refractivity (Wildman–Crippen MR) is 120 cm³/mol. The molecule has 5 nitrogen and oxygen atoms in total. The summed E-state index contributed by atoms with van der Waals surface area (Å²) in [6, 6.07) is 5.46. The van der Waals surface area contributed by atoms with E-state index in [4.69, 9.17) is 23.2 Å². The number of carboxylic acids is 1. The molecule has 1 amide bonds. The lowest BCUT2D eigenvalue weighted by atomic mass is 9.68. The first kappa shape index (κ1) is 22.1. The Bertz CT molecular complexity index is 1110. The molecule has 0 bridgehead atoms. The third-order valence-corrected chi connectivity index (χ3v) is 6.82. The minimum absolute atomic E-state index is 0.0442. The number of aromatic carboxylic acids is 1. The molecule has 4 rings (SSSR count). The summed E-state index contributed by atoms with van der Waals surface area (Å²) in [6.07, 6.45) is 1.16. The number of hydrogen-bond donors (Lipinski definition) is 3. The minimum Gasteiger partial charge on any atom is -0.478 e. The highest BCUT2D eigenvalue weighted by Crippen LogP contribution is 2.54. The van der Waals surface area contributed by atoms with Gasteiger partial charge in [-0.15, -0.1) is 0 Å². The molecule has 1 spiro atoms. The van der Waals surface area contributed by atoms with Gasteiger partial charge in [0.05, 0.1) is 21.0 Å². The first-order valence-electron chi connectivity index (χ1n) is 10.1. The highest BCUT2D eigenvalue weighted by molar-refractivity contribution is 6.37. The fourth-order valence-corrected chi connectivity index (χ4v) is 5.46. The van der Waals surface area contributed by atoms with Crippen LogP contribution in [0.2, 0.25) is 10.0 Å². The number of carboxylic acid groups (broad SMARTS) is 1. The third kappa shape index (κ3) is 3.41. The van der Waals surface area contributed by atoms with Crippen LogP contribution < -0.4 is 10.6 Å². The zero-order valence-corrected chi connectivity index (χ0v) is 18.9. The molecule has 8 heteroatoms. The van der Waals surface area contributed by atoms with Crippen LogP contribution in [0.3, 0.4) is 0 Å². The summed E-state index contributed by atoms with van der Waals surface area (Å²) in [7, 11) is 0. The molecule has 1 saturated heterocycles. The molecule has 0 aromatic heterocycles. The van der Waals surface area contributed by atoms with Crippen molar-refractivity contribution in [3.63, 3.8) is 0 Å². The number of carbonyl (C=O) groups excluding carboxylic acids is 1. The van der Waals surface area contributed by atoms with Gasteiger partial charge in [0.2, 0.25) is 5.91 Å². The summed E-state index contributed by atoms with van der Waals surface area (Å²) in [4.78, 5) is 25.7. The first-order chi connectivity index (χ1) is 14.5. The Kier molecular flexibility index (Phi) is 5.31. The molecular weight excluding hydrogens is 442 g/mol. The van der Waals surface area contributed by atoms with Crippen molar-refractivity contribution in [1.82, 2.24) is 5.32 Å². The van der Waals surface area contributed by atoms with Crippen molar-refractivity contribution in [3.8, 4) is 11.1 Å². The van der Waals surface area contributed by atoms with Gasteiger partial charge in [-0.1, -0.05) is 56.1 Å². The van der Waals surface area contributed by atoms with Crippen molar-refractivity contribution < 1.29 is 19.1 Å². The van der Waals surface area contributed by atoms with E-state index < -0.39 is 17.2 Å². The van der Waals surface area contributed by atoms with Crippen LogP contribution in [0.1, 0.15) is 49.5 Å². The molecule has 0 radical (unpaired) electrons. The van der Waals surface area contributed by atoms with Crippen LogP contribution in [-0.4, -0.2) is 29.6 Å². The Hall–Kier alpha value is -2.15. The number of hydrogen-bond acceptors (Lipinski definition) is 3. The fraction of sp³-hybridized carbons (Fsp3) is 0.391. The Morgan fingerprint density at radius 2 is 2.03 bits per heavy atom. The summed E-state index contributed by atoms with van der Waals surface area (Å²) in [5.41, 5.74) is 0.0730. The Labute approximate surface area is 189 Å². The number of amides is 1. The van der Waals surface area contributed by atoms with Gasteiger partial charge in [0.15, 0.2) is 0 Å². The lowest BCUT2D eigenvalue weighted by Gasteiger charge is -2.35. The van der Waals surface area contributed by atoms with Crippen LogP contribution in [0, 0.1) is 11.2 Å². The number of anilines is 1. The quantitative estimate of drug-likeness (QED) is 0.561. The topological polar surface area (TPSA) is 78.4 Å². The van der Waals surface area contributed by atoms with Crippen molar-refractivity contribution in [2.45, 2.75) is 45.1 Å². The summed E-state index contributed by atoms with van der Waals surface area (Å²) in [5, 5.41) is 16.1. The second-order valence-electron chi connectivity index (χ2n) is 9.38. The van der Waals surface area contributed by atoms with E-state index in [2.05, 4.69) is 31.4 Å². The number of rotatable bonds is 3. The normalized spacial score (nSPS) is 22.6. The number of halogens is 3. The molecule has 2 aromatic rings. The highest BCUT2D eigenvalue weighted by Gasteiger charge is 2.57. The average molecular weight is 465 g/mol. The Morgan fingerprint density at radius 3 is 2.68 bits per heavy atom. The van der Waals surface area contributed by atoms with Crippen molar-refractivity contribution in [2.24, 2.45) is 5.41 Å². The van der Waals surface area contributed by atoms with Gasteiger partial charge < -0.3 is 15.7 Å². The summed E-state index contributed by atoms with van der Waals surface area (Å²) >= 11 is 12.7. The van der Waals surface area contributed by atoms with E-state index >= 15 is 0 Å². The molecule has 1 fully saturated rings. The molecule has 2 aromatic carbocycles. The summed E-state index contributed by atoms with van der Waals surface area (Å²) < 4.78 is 14.4. The Morgan fingerprint density at radius 1 is 1.32 bits per heavy atom. The van der Waals surface area contributed by atoms with E-state index in [0.717, 1.165) is 0 Å². The van der Waals surface area contributed by atoms with Crippen LogP contribution in [0.4, 0.5) is 10.1 Å². The van der Waals surface area contributed by atoms with Gasteiger partial charge in [0.1, 0.15) is 5.82 Å². The monoisotopic (exact) mass is 464 g/mol. The predicted octanol–water partition coefficient (Wildman–Crippen LogP) is 5.49. The molecule has 0 saturated carbocycles. The molecule has 31 heavy (non-hydrogen) atoms. The van der Waals surface area contributed by atoms with Crippen molar-refractivity contribution in [1.29, 1.82) is 0 Å². The van der Waals surface area contributed by atoms with Crippen LogP contribution in [0.25, 0.3) is 11.1 Å². The van der Waals surface area contributed by atoms with Gasteiger partial charge >= 0.3 is 5.97 Å². The minimum atomic E-state index is -1.27. The molecule has 0 unspecified atom stereocenters. The van der Waals surface area contributed by atoms with E-state index in [-0.39, 0.29) is 44.1 Å². The fourth-order valence-electron chi connectivity index (χ4n) is 4.96. The zero-order chi connectivity index (χ0) is 22.7. The zero-order valence-electron chi connectivity index (χ0n) is 17.4. The van der Waals surface area contributed by atoms with E-state index in [9.17, 15) is 19.1 Å². The van der Waals surface area contributed by atoms with Gasteiger partial charge in [-0.25, -0.2) is 9.18 Å². The van der Waals surface area contributed by atoms with E-state index in [1.165, 1.54) is 18.2 Å². The maximum atomic E-state index is 14.4. The van der Waals surface area contributed by atoms with E-state index in [1.807, 2.05) is 0 Å². The maximum absolute atomic E-state index is 14.4. The Balaban J connectivity index is 2.09. The van der Waals surface area contributed by atoms with E-state index in [0.29, 0.717) is 30.6 Å². The van der Waals surface area contributed by atoms with Gasteiger partial charge in [-0.2, -0.15) is 0 Å². The van der Waals surface area contributed by atoms with E-state index in [1.54, 1.807) is 6.07 Å². The van der Waals surface area contributed by atoms with Crippen LogP contribution >= 0.6 is 23.2 Å². The first-order valence-corrected chi connectivity index (χ1v) is 10.8. The molecule has 2 aliphatic heterocycles. The van der Waals surface area contributed by atoms with Crippen LogP contribution in [0.5, 0.6) is 0 Å². The molecular formula is C23H23Cl2FN2O3. The third-order valence-electron chi connectivity index (χ3n) is 6.13. The van der Waals surface area contributed by atoms with Gasteiger partial charge in [-0.05, 0) is 36.9 Å². The molecule has 0 aliphatic carbocycles. The molecule has 2 heterocycles.